The molecule has 0 saturated carbocycles. The first-order valence-electron chi connectivity index (χ1n) is 12.6. The van der Waals surface area contributed by atoms with Crippen molar-refractivity contribution in [3.8, 4) is 11.5 Å². The van der Waals surface area contributed by atoms with Crippen molar-refractivity contribution in [2.24, 2.45) is 5.41 Å². The van der Waals surface area contributed by atoms with E-state index in [-0.39, 0.29) is 24.4 Å². The summed E-state index contributed by atoms with van der Waals surface area (Å²) in [6.45, 7) is 8.99. The van der Waals surface area contributed by atoms with Crippen LogP contribution >= 0.6 is 0 Å². The van der Waals surface area contributed by atoms with Crippen LogP contribution in [0.15, 0.2) is 77.1 Å². The highest BCUT2D eigenvalue weighted by molar-refractivity contribution is 6.04. The van der Waals surface area contributed by atoms with Gasteiger partial charge < -0.3 is 19.5 Å². The molecule has 2 aromatic carbocycles. The first-order chi connectivity index (χ1) is 17.3. The summed E-state index contributed by atoms with van der Waals surface area (Å²) < 4.78 is 17.4. The maximum absolute atomic E-state index is 13.5. The Morgan fingerprint density at radius 3 is 2.44 bits per heavy atom. The van der Waals surface area contributed by atoms with E-state index in [0.29, 0.717) is 41.4 Å². The molecule has 2 aromatic rings. The third-order valence-electron chi connectivity index (χ3n) is 6.48. The van der Waals surface area contributed by atoms with Crippen LogP contribution in [-0.2, 0) is 14.3 Å². The van der Waals surface area contributed by atoms with E-state index in [1.807, 2.05) is 68.4 Å². The van der Waals surface area contributed by atoms with E-state index < -0.39 is 11.9 Å². The quantitative estimate of drug-likeness (QED) is 0.360. The maximum atomic E-state index is 13.5. The normalized spacial score (nSPS) is 18.9. The second kappa shape index (κ2) is 11.0. The standard InChI is InChI=1S/C30H35NO5/c1-5-15-35-25-14-10-9-13-22(25)27-26(29(33)36-17-16-34-21-11-7-6-8-12-21)20(2)31-23-18-30(3,4)19-24(32)28(23)27/h6-14,27,31H,5,15-19H2,1-4H3/t27-/m0/s1. The van der Waals surface area contributed by atoms with Crippen LogP contribution in [0.1, 0.15) is 58.4 Å². The number of para-hydroxylation sites is 2. The van der Waals surface area contributed by atoms with Gasteiger partial charge in [0.25, 0.3) is 0 Å². The zero-order valence-corrected chi connectivity index (χ0v) is 21.6. The Morgan fingerprint density at radius 1 is 0.972 bits per heavy atom. The van der Waals surface area contributed by atoms with E-state index in [0.717, 1.165) is 24.1 Å². The van der Waals surface area contributed by atoms with Gasteiger partial charge in [-0.3, -0.25) is 4.79 Å². The average Bonchev–Trinajstić information content (AvgIpc) is 2.84. The number of Topliss-reactive ketones (excluding diaryl/α,β-unsaturated/α-hetero) is 1. The summed E-state index contributed by atoms with van der Waals surface area (Å²) in [7, 11) is 0. The molecule has 0 aromatic heterocycles. The smallest absolute Gasteiger partial charge is 0.336 e. The molecular formula is C30H35NO5. The lowest BCUT2D eigenvalue weighted by molar-refractivity contribution is -0.140. The van der Waals surface area contributed by atoms with Crippen molar-refractivity contribution in [2.75, 3.05) is 19.8 Å². The largest absolute Gasteiger partial charge is 0.493 e. The van der Waals surface area contributed by atoms with Crippen molar-refractivity contribution in [2.45, 2.75) is 52.9 Å². The predicted molar refractivity (Wildman–Crippen MR) is 139 cm³/mol. The summed E-state index contributed by atoms with van der Waals surface area (Å²) in [6, 6.07) is 17.1. The van der Waals surface area contributed by atoms with Gasteiger partial charge in [-0.25, -0.2) is 4.79 Å². The minimum Gasteiger partial charge on any atom is -0.493 e. The predicted octanol–water partition coefficient (Wildman–Crippen LogP) is 5.70. The lowest BCUT2D eigenvalue weighted by Crippen LogP contribution is -2.39. The number of ketones is 1. The maximum Gasteiger partial charge on any atom is 0.336 e. The molecule has 1 atom stereocenters. The first-order valence-corrected chi connectivity index (χ1v) is 12.6. The third-order valence-corrected chi connectivity index (χ3v) is 6.48. The summed E-state index contributed by atoms with van der Waals surface area (Å²) in [5.41, 5.74) is 3.31. The number of benzene rings is 2. The number of rotatable bonds is 9. The van der Waals surface area contributed by atoms with Crippen LogP contribution in [-0.4, -0.2) is 31.6 Å². The summed E-state index contributed by atoms with van der Waals surface area (Å²) in [5.74, 6) is 0.431. The number of esters is 1. The Labute approximate surface area is 213 Å². The highest BCUT2D eigenvalue weighted by Crippen LogP contribution is 2.48. The van der Waals surface area contributed by atoms with Crippen LogP contribution in [0.5, 0.6) is 11.5 Å². The lowest BCUT2D eigenvalue weighted by atomic mass is 9.68. The van der Waals surface area contributed by atoms with Crippen molar-refractivity contribution in [3.63, 3.8) is 0 Å². The van der Waals surface area contributed by atoms with Crippen molar-refractivity contribution in [1.29, 1.82) is 0 Å². The van der Waals surface area contributed by atoms with E-state index in [1.54, 1.807) is 0 Å². The highest BCUT2D eigenvalue weighted by Gasteiger charge is 2.44. The van der Waals surface area contributed by atoms with E-state index >= 15 is 0 Å². The van der Waals surface area contributed by atoms with Gasteiger partial charge in [-0.2, -0.15) is 0 Å². The van der Waals surface area contributed by atoms with E-state index in [2.05, 4.69) is 19.2 Å². The lowest BCUT2D eigenvalue weighted by Gasteiger charge is -2.39. The van der Waals surface area contributed by atoms with Crippen LogP contribution in [0.4, 0.5) is 0 Å². The summed E-state index contributed by atoms with van der Waals surface area (Å²) in [5, 5.41) is 3.38. The molecule has 0 saturated heterocycles. The Kier molecular flexibility index (Phi) is 7.82. The molecule has 0 radical (unpaired) electrons. The molecule has 0 fully saturated rings. The van der Waals surface area contributed by atoms with Crippen LogP contribution in [0.25, 0.3) is 0 Å². The SMILES string of the molecule is CCCOc1ccccc1[C@H]1C(C(=O)OCCOc2ccccc2)=C(C)NC2=C1C(=O)CC(C)(C)C2. The van der Waals surface area contributed by atoms with Crippen LogP contribution in [0.2, 0.25) is 0 Å². The minimum atomic E-state index is -0.555. The second-order valence-corrected chi connectivity index (χ2v) is 10.1. The highest BCUT2D eigenvalue weighted by atomic mass is 16.6. The van der Waals surface area contributed by atoms with Gasteiger partial charge in [0.15, 0.2) is 5.78 Å². The van der Waals surface area contributed by atoms with Crippen LogP contribution in [0.3, 0.4) is 0 Å². The van der Waals surface area contributed by atoms with Crippen molar-refractivity contribution in [1.82, 2.24) is 5.32 Å². The molecule has 1 N–H and O–H groups in total. The molecule has 6 heteroatoms. The number of carbonyl (C=O) groups is 2. The van der Waals surface area contributed by atoms with Gasteiger partial charge in [0.1, 0.15) is 24.7 Å². The number of carbonyl (C=O) groups excluding carboxylic acids is 2. The Bertz CT molecular complexity index is 1180. The molecule has 2 aliphatic rings. The van der Waals surface area contributed by atoms with Gasteiger partial charge in [0.05, 0.1) is 18.1 Å². The molecule has 0 bridgehead atoms. The Morgan fingerprint density at radius 2 is 1.69 bits per heavy atom. The molecule has 1 aliphatic heterocycles. The average molecular weight is 490 g/mol. The summed E-state index contributed by atoms with van der Waals surface area (Å²) in [4.78, 5) is 27.0. The first kappa shape index (κ1) is 25.5. The zero-order chi connectivity index (χ0) is 25.7. The van der Waals surface area contributed by atoms with Crippen molar-refractivity contribution < 1.29 is 23.8 Å². The molecule has 1 aliphatic carbocycles. The molecular weight excluding hydrogens is 454 g/mol. The second-order valence-electron chi connectivity index (χ2n) is 10.1. The fourth-order valence-electron chi connectivity index (χ4n) is 4.97. The van der Waals surface area contributed by atoms with Crippen LogP contribution < -0.4 is 14.8 Å². The number of ether oxygens (including phenoxy) is 3. The molecule has 0 spiro atoms. The number of hydrogen-bond donors (Lipinski definition) is 1. The number of hydrogen-bond acceptors (Lipinski definition) is 6. The zero-order valence-electron chi connectivity index (χ0n) is 21.6. The number of allylic oxidation sites excluding steroid dienone is 3. The van der Waals surface area contributed by atoms with Crippen molar-refractivity contribution in [3.05, 3.63) is 82.7 Å². The van der Waals surface area contributed by atoms with Gasteiger partial charge in [-0.15, -0.1) is 0 Å². The number of dihydropyridines is 1. The molecule has 0 amide bonds. The van der Waals surface area contributed by atoms with E-state index in [1.165, 1.54) is 0 Å². The van der Waals surface area contributed by atoms with Crippen molar-refractivity contribution >= 4 is 11.8 Å². The molecule has 4 rings (SSSR count). The third kappa shape index (κ3) is 5.64. The van der Waals surface area contributed by atoms with Crippen LogP contribution in [0, 0.1) is 5.41 Å². The Hall–Kier alpha value is -3.54. The monoisotopic (exact) mass is 489 g/mol. The molecule has 36 heavy (non-hydrogen) atoms. The fraction of sp³-hybridized carbons (Fsp3) is 0.400. The summed E-state index contributed by atoms with van der Waals surface area (Å²) in [6.07, 6.45) is 2.01. The van der Waals surface area contributed by atoms with Gasteiger partial charge in [0.2, 0.25) is 0 Å². The van der Waals surface area contributed by atoms with E-state index in [4.69, 9.17) is 14.2 Å². The van der Waals surface area contributed by atoms with E-state index in [9.17, 15) is 9.59 Å². The molecule has 1 heterocycles. The molecule has 6 nitrogen and oxygen atoms in total. The van der Waals surface area contributed by atoms with Gasteiger partial charge >= 0.3 is 5.97 Å². The Balaban J connectivity index is 1.65. The number of nitrogens with one attached hydrogen (secondary N) is 1. The minimum absolute atomic E-state index is 0.0502. The molecule has 190 valence electrons. The fourth-order valence-corrected chi connectivity index (χ4v) is 4.97. The van der Waals surface area contributed by atoms with Gasteiger partial charge in [-0.05, 0) is 43.4 Å². The van der Waals surface area contributed by atoms with Gasteiger partial charge in [-0.1, -0.05) is 57.2 Å². The van der Waals surface area contributed by atoms with Gasteiger partial charge in [0, 0.05) is 29.0 Å². The topological polar surface area (TPSA) is 73.9 Å². The summed E-state index contributed by atoms with van der Waals surface area (Å²) >= 11 is 0. The molecule has 0 unspecified atom stereocenters.